The first-order chi connectivity index (χ1) is 35.7. The van der Waals surface area contributed by atoms with Crippen molar-refractivity contribution in [1.82, 2.24) is 25.4 Å². The second-order valence-corrected chi connectivity index (χ2v) is 20.9. The molecule has 0 aliphatic carbocycles. The van der Waals surface area contributed by atoms with Gasteiger partial charge in [-0.15, -0.1) is 0 Å². The molecule has 1 heterocycles. The van der Waals surface area contributed by atoms with Gasteiger partial charge >= 0.3 is 17.9 Å². The van der Waals surface area contributed by atoms with Crippen molar-refractivity contribution < 1.29 is 72.0 Å². The summed E-state index contributed by atoms with van der Waals surface area (Å²) in [6, 6.07) is 9.58. The first-order valence-corrected chi connectivity index (χ1v) is 26.0. The fraction of sp³-hybridized carbons (Fsp3) is 0.509. The van der Waals surface area contributed by atoms with Crippen LogP contribution in [0.4, 0.5) is 8.78 Å². The number of hydrogen-bond acceptors (Lipinski definition) is 13. The Bertz CT molecular complexity index is 2540. The molecule has 416 valence electrons. The molecule has 10 N–H and O–H groups in total. The summed E-state index contributed by atoms with van der Waals surface area (Å²) in [5.74, 6) is -10.3. The van der Waals surface area contributed by atoms with Crippen LogP contribution in [-0.2, 0) is 54.5 Å². The third kappa shape index (κ3) is 21.8. The van der Waals surface area contributed by atoms with Crippen LogP contribution in [0.5, 0.6) is 0 Å². The molecule has 20 nitrogen and oxygen atoms in total. The Morgan fingerprint density at radius 1 is 0.737 bits per heavy atom. The smallest absolute Gasteiger partial charge is 0.326 e. The Morgan fingerprint density at radius 3 is 2.01 bits per heavy atom. The molecule has 0 saturated heterocycles. The molecule has 76 heavy (non-hydrogen) atoms. The van der Waals surface area contributed by atoms with E-state index in [9.17, 15) is 57.4 Å². The van der Waals surface area contributed by atoms with Crippen molar-refractivity contribution in [3.63, 3.8) is 0 Å². The number of halogens is 2. The van der Waals surface area contributed by atoms with Gasteiger partial charge in [-0.3, -0.25) is 43.2 Å². The van der Waals surface area contributed by atoms with Crippen LogP contribution < -0.4 is 27.4 Å². The Morgan fingerprint density at radius 2 is 1.39 bits per heavy atom. The fourth-order valence-corrected chi connectivity index (χ4v) is 9.07. The predicted molar refractivity (Wildman–Crippen MR) is 278 cm³/mol. The number of Topliss-reactive ketones (excluding diaryl/α,β-unsaturated/α-hetero) is 3. The Kier molecular flexibility index (Phi) is 25.6. The second-order valence-electron chi connectivity index (χ2n) is 19.8. The zero-order chi connectivity index (χ0) is 56.9. The predicted octanol–water partition coefficient (Wildman–Crippen LogP) is 4.74. The van der Waals surface area contributed by atoms with E-state index in [0.29, 0.717) is 11.3 Å². The zero-order valence-corrected chi connectivity index (χ0v) is 44.3. The minimum Gasteiger partial charge on any atom is -0.481 e. The standard InChI is InChI=1S/C53H71F2N7O13S/c1-31(23-43(65)32(2)58-45(66)18-15-36(63)16-19-48(69)70)51(73)60-39(26-44(56)57)42(64)13-9-10-21-62(47(68)30-76-22-20-46(67)59-40(52(74)75)27-49(71)72)50(53(3,4)5)41-24-34(37-25-35(54)14-17-38(37)55)29-61(41)28-33-11-7-6-8-12-33/h6-8,11-12,14,17,24-25,29,31-32,39-40,44,50H,9-10,13,15-16,18-23,26-28,30,56-57H2,1-5H3,(H,58,66)(H,59,67)(H,60,73)(H,69,70)(H,71,72)(H,74,75)/t31-,32-,39-,40+,50-/m0/s1. The number of aliphatic carboxylic acids is 3. The molecule has 0 bridgehead atoms. The van der Waals surface area contributed by atoms with E-state index in [4.69, 9.17) is 21.7 Å². The summed E-state index contributed by atoms with van der Waals surface area (Å²) in [4.78, 5) is 127. The van der Waals surface area contributed by atoms with Crippen LogP contribution in [-0.4, -0.2) is 126 Å². The second kappa shape index (κ2) is 30.6. The van der Waals surface area contributed by atoms with Gasteiger partial charge < -0.3 is 52.2 Å². The van der Waals surface area contributed by atoms with E-state index >= 15 is 4.39 Å². The molecule has 3 aromatic rings. The average Bonchev–Trinajstić information content (AvgIpc) is 3.73. The summed E-state index contributed by atoms with van der Waals surface area (Å²) in [5.41, 5.74) is 12.8. The van der Waals surface area contributed by atoms with Crippen molar-refractivity contribution in [1.29, 1.82) is 0 Å². The Hall–Kier alpha value is -6.85. The molecule has 3 rings (SSSR count). The minimum atomic E-state index is -1.66. The highest BCUT2D eigenvalue weighted by molar-refractivity contribution is 7.99. The lowest BCUT2D eigenvalue weighted by Crippen LogP contribution is -2.49. The summed E-state index contributed by atoms with van der Waals surface area (Å²) in [6.45, 7) is 8.94. The molecule has 0 radical (unpaired) electrons. The number of nitrogens with two attached hydrogens (primary N) is 2. The van der Waals surface area contributed by atoms with E-state index in [1.165, 1.54) is 13.8 Å². The lowest BCUT2D eigenvalue weighted by molar-refractivity contribution is -0.147. The van der Waals surface area contributed by atoms with Gasteiger partial charge in [0.1, 0.15) is 23.5 Å². The monoisotopic (exact) mass is 1080 g/mol. The van der Waals surface area contributed by atoms with Crippen LogP contribution in [0.15, 0.2) is 60.8 Å². The van der Waals surface area contributed by atoms with Crippen LogP contribution in [0.1, 0.15) is 123 Å². The van der Waals surface area contributed by atoms with Crippen molar-refractivity contribution in [3.8, 4) is 11.1 Å². The van der Waals surface area contributed by atoms with E-state index in [1.54, 1.807) is 17.2 Å². The number of nitrogens with one attached hydrogen (secondary N) is 3. The number of thioether (sulfide) groups is 1. The van der Waals surface area contributed by atoms with Gasteiger partial charge in [0.05, 0.1) is 42.9 Å². The lowest BCUT2D eigenvalue weighted by atomic mass is 9.82. The van der Waals surface area contributed by atoms with Gasteiger partial charge in [-0.05, 0) is 55.0 Å². The largest absolute Gasteiger partial charge is 0.481 e. The molecule has 5 atom stereocenters. The number of ketones is 3. The van der Waals surface area contributed by atoms with Gasteiger partial charge in [0.15, 0.2) is 11.6 Å². The molecular weight excluding hydrogens is 1010 g/mol. The van der Waals surface area contributed by atoms with Gasteiger partial charge in [0.2, 0.25) is 23.6 Å². The molecule has 0 aliphatic heterocycles. The van der Waals surface area contributed by atoms with Crippen LogP contribution in [0.25, 0.3) is 11.1 Å². The quantitative estimate of drug-likeness (QED) is 0.0296. The number of unbranched alkanes of at least 4 members (excludes halogenated alkanes) is 1. The summed E-state index contributed by atoms with van der Waals surface area (Å²) in [6.07, 6.45) is -1.63. The number of carboxylic acids is 3. The minimum absolute atomic E-state index is 0.00306. The number of carbonyl (C=O) groups excluding carboxylic acids is 7. The number of aromatic nitrogens is 1. The highest BCUT2D eigenvalue weighted by atomic mass is 32.2. The van der Waals surface area contributed by atoms with Crippen molar-refractivity contribution in [2.24, 2.45) is 22.8 Å². The number of hydrogen-bond donors (Lipinski definition) is 8. The first-order valence-electron chi connectivity index (χ1n) is 24.9. The van der Waals surface area contributed by atoms with E-state index in [2.05, 4.69) is 16.0 Å². The SMILES string of the molecule is C[C@H](NC(=O)CCC(=O)CCC(=O)O)C(=O)C[C@H](C)C(=O)N[C@@H](CC(N)N)C(=O)CCCCN(C(=O)CSCCC(=O)N[C@H](CC(=O)O)C(=O)O)[C@@H](c1cc(-c2cc(F)ccc2F)cn1Cc1ccccc1)C(C)(C)C. The molecular formula is C53H71F2N7O13S. The third-order valence-electron chi connectivity index (χ3n) is 12.2. The van der Waals surface area contributed by atoms with Crippen molar-refractivity contribution >= 4 is 70.6 Å². The summed E-state index contributed by atoms with van der Waals surface area (Å²) in [5, 5.41) is 34.5. The highest BCUT2D eigenvalue weighted by Crippen LogP contribution is 2.41. The van der Waals surface area contributed by atoms with E-state index in [1.807, 2.05) is 55.7 Å². The fourth-order valence-electron chi connectivity index (χ4n) is 8.26. The highest BCUT2D eigenvalue weighted by Gasteiger charge is 2.37. The van der Waals surface area contributed by atoms with E-state index < -0.39 is 119 Å². The summed E-state index contributed by atoms with van der Waals surface area (Å²) < 4.78 is 31.9. The number of carbonyl (C=O) groups is 10. The number of carboxylic acid groups (broad SMARTS) is 3. The van der Waals surface area contributed by atoms with Gasteiger partial charge in [0, 0.05) is 92.7 Å². The average molecular weight is 1080 g/mol. The Labute approximate surface area is 444 Å². The number of benzene rings is 2. The molecule has 23 heteroatoms. The molecule has 0 aliphatic rings. The lowest BCUT2D eigenvalue weighted by Gasteiger charge is -2.41. The maximum atomic E-state index is 15.4. The Balaban J connectivity index is 1.85. The number of rotatable bonds is 34. The van der Waals surface area contributed by atoms with Crippen LogP contribution >= 0.6 is 11.8 Å². The van der Waals surface area contributed by atoms with Gasteiger partial charge in [-0.1, -0.05) is 58.0 Å². The summed E-state index contributed by atoms with van der Waals surface area (Å²) in [7, 11) is 0. The molecule has 2 aromatic carbocycles. The van der Waals surface area contributed by atoms with Crippen LogP contribution in [0, 0.1) is 23.0 Å². The topological polar surface area (TPSA) is 328 Å². The molecule has 4 amide bonds. The maximum Gasteiger partial charge on any atom is 0.326 e. The van der Waals surface area contributed by atoms with Gasteiger partial charge in [-0.25, -0.2) is 13.6 Å². The molecule has 0 fully saturated rings. The zero-order valence-electron chi connectivity index (χ0n) is 43.5. The maximum absolute atomic E-state index is 15.4. The normalized spacial score (nSPS) is 13.4. The van der Waals surface area contributed by atoms with Crippen LogP contribution in [0.3, 0.4) is 0 Å². The van der Waals surface area contributed by atoms with Gasteiger partial charge in [0.25, 0.3) is 0 Å². The molecule has 0 spiro atoms. The van der Waals surface area contributed by atoms with Gasteiger partial charge in [-0.2, -0.15) is 11.8 Å². The molecule has 0 saturated carbocycles. The van der Waals surface area contributed by atoms with Crippen molar-refractivity contribution in [3.05, 3.63) is 83.7 Å². The first kappa shape index (κ1) is 63.4. The van der Waals surface area contributed by atoms with E-state index in [0.717, 1.165) is 35.5 Å². The summed E-state index contributed by atoms with van der Waals surface area (Å²) >= 11 is 1.08. The number of nitrogens with zero attached hydrogens (tertiary/aromatic N) is 2. The molecule has 0 unspecified atom stereocenters. The van der Waals surface area contributed by atoms with Crippen LogP contribution in [0.2, 0.25) is 0 Å². The van der Waals surface area contributed by atoms with E-state index in [-0.39, 0.29) is 94.4 Å². The van der Waals surface area contributed by atoms with Crippen molar-refractivity contribution in [2.45, 2.75) is 142 Å². The third-order valence-corrected chi connectivity index (χ3v) is 13.1. The van der Waals surface area contributed by atoms with Crippen molar-refractivity contribution in [2.75, 3.05) is 18.1 Å². The number of amides is 4. The molecule has 1 aromatic heterocycles.